The highest BCUT2D eigenvalue weighted by Gasteiger charge is 2.24. The SMILES string of the molecule is CCOc1ncccc1-c1ccc2c(c1)-c1nc(-c3ncnn3C(C)C)sc1CCO2. The monoisotopic (exact) mass is 433 g/mol. The van der Waals surface area contributed by atoms with E-state index in [1.165, 1.54) is 4.88 Å². The zero-order valence-electron chi connectivity index (χ0n) is 17.7. The van der Waals surface area contributed by atoms with Gasteiger partial charge in [0.05, 0.1) is 18.9 Å². The summed E-state index contributed by atoms with van der Waals surface area (Å²) in [5, 5.41) is 5.25. The molecule has 4 heterocycles. The molecule has 0 radical (unpaired) electrons. The van der Waals surface area contributed by atoms with Crippen LogP contribution in [0.2, 0.25) is 0 Å². The quantitative estimate of drug-likeness (QED) is 0.439. The summed E-state index contributed by atoms with van der Waals surface area (Å²) in [5.74, 6) is 2.27. The molecule has 0 N–H and O–H groups in total. The normalized spacial score (nSPS) is 12.8. The van der Waals surface area contributed by atoms with E-state index in [0.717, 1.165) is 45.4 Å². The van der Waals surface area contributed by atoms with Crippen LogP contribution in [-0.2, 0) is 6.42 Å². The van der Waals surface area contributed by atoms with Gasteiger partial charge in [0.2, 0.25) is 5.88 Å². The zero-order valence-corrected chi connectivity index (χ0v) is 18.5. The van der Waals surface area contributed by atoms with Gasteiger partial charge in [-0.3, -0.25) is 0 Å². The minimum Gasteiger partial charge on any atom is -0.493 e. The maximum Gasteiger partial charge on any atom is 0.221 e. The molecule has 0 amide bonds. The highest BCUT2D eigenvalue weighted by atomic mass is 32.1. The molecule has 1 aromatic carbocycles. The summed E-state index contributed by atoms with van der Waals surface area (Å²) >= 11 is 1.66. The Morgan fingerprint density at radius 1 is 1.19 bits per heavy atom. The predicted octanol–water partition coefficient (Wildman–Crippen LogP) is 5.05. The maximum absolute atomic E-state index is 6.04. The Bertz CT molecular complexity index is 1230. The summed E-state index contributed by atoms with van der Waals surface area (Å²) in [6.45, 7) is 7.33. The first-order valence-electron chi connectivity index (χ1n) is 10.4. The van der Waals surface area contributed by atoms with E-state index in [4.69, 9.17) is 14.5 Å². The number of hydrogen-bond donors (Lipinski definition) is 0. The number of benzene rings is 1. The molecule has 0 saturated heterocycles. The molecule has 5 rings (SSSR count). The summed E-state index contributed by atoms with van der Waals surface area (Å²) in [7, 11) is 0. The number of rotatable bonds is 5. The number of fused-ring (bicyclic) bond motifs is 3. The van der Waals surface area contributed by atoms with E-state index in [1.807, 2.05) is 35.9 Å². The van der Waals surface area contributed by atoms with Crippen LogP contribution >= 0.6 is 11.3 Å². The van der Waals surface area contributed by atoms with Gasteiger partial charge in [0.25, 0.3) is 0 Å². The Morgan fingerprint density at radius 3 is 2.94 bits per heavy atom. The van der Waals surface area contributed by atoms with Crippen LogP contribution in [0.25, 0.3) is 33.2 Å². The van der Waals surface area contributed by atoms with E-state index in [9.17, 15) is 0 Å². The van der Waals surface area contributed by atoms with Crippen molar-refractivity contribution in [1.82, 2.24) is 24.7 Å². The lowest BCUT2D eigenvalue weighted by Gasteiger charge is -2.12. The van der Waals surface area contributed by atoms with Crippen molar-refractivity contribution in [2.24, 2.45) is 0 Å². The van der Waals surface area contributed by atoms with Gasteiger partial charge in [-0.15, -0.1) is 11.3 Å². The molecule has 31 heavy (non-hydrogen) atoms. The number of hydrogen-bond acceptors (Lipinski definition) is 7. The van der Waals surface area contributed by atoms with Crippen molar-refractivity contribution in [3.63, 3.8) is 0 Å². The second kappa shape index (κ2) is 8.11. The largest absolute Gasteiger partial charge is 0.493 e. The van der Waals surface area contributed by atoms with Crippen LogP contribution in [-0.4, -0.2) is 37.9 Å². The van der Waals surface area contributed by atoms with Crippen molar-refractivity contribution in [3.8, 4) is 44.8 Å². The Morgan fingerprint density at radius 2 is 2.10 bits per heavy atom. The van der Waals surface area contributed by atoms with Gasteiger partial charge in [-0.25, -0.2) is 19.6 Å². The third kappa shape index (κ3) is 3.57. The molecule has 0 atom stereocenters. The highest BCUT2D eigenvalue weighted by molar-refractivity contribution is 7.15. The fourth-order valence-electron chi connectivity index (χ4n) is 3.73. The molecule has 3 aromatic heterocycles. The van der Waals surface area contributed by atoms with Crippen molar-refractivity contribution in [1.29, 1.82) is 0 Å². The summed E-state index contributed by atoms with van der Waals surface area (Å²) < 4.78 is 13.7. The third-order valence-corrected chi connectivity index (χ3v) is 6.25. The second-order valence-electron chi connectivity index (χ2n) is 7.51. The van der Waals surface area contributed by atoms with Crippen LogP contribution in [0, 0.1) is 0 Å². The Kier molecular flexibility index (Phi) is 5.15. The van der Waals surface area contributed by atoms with Gasteiger partial charge in [-0.05, 0) is 50.6 Å². The van der Waals surface area contributed by atoms with Crippen molar-refractivity contribution < 1.29 is 9.47 Å². The average Bonchev–Trinajstić information content (AvgIpc) is 3.39. The second-order valence-corrected chi connectivity index (χ2v) is 8.59. The fourth-order valence-corrected chi connectivity index (χ4v) is 4.78. The van der Waals surface area contributed by atoms with Crippen molar-refractivity contribution in [3.05, 3.63) is 47.7 Å². The van der Waals surface area contributed by atoms with Gasteiger partial charge in [-0.2, -0.15) is 5.10 Å². The lowest BCUT2D eigenvalue weighted by atomic mass is 10.0. The topological polar surface area (TPSA) is 75.0 Å². The summed E-state index contributed by atoms with van der Waals surface area (Å²) in [5.41, 5.74) is 3.91. The molecule has 1 aliphatic rings. The Balaban J connectivity index is 1.63. The first-order valence-corrected chi connectivity index (χ1v) is 11.2. The number of pyridine rings is 1. The van der Waals surface area contributed by atoms with Crippen molar-refractivity contribution >= 4 is 11.3 Å². The molecule has 7 nitrogen and oxygen atoms in total. The first kappa shape index (κ1) is 19.7. The summed E-state index contributed by atoms with van der Waals surface area (Å²) in [4.78, 5) is 15.1. The van der Waals surface area contributed by atoms with E-state index < -0.39 is 0 Å². The molecule has 0 unspecified atom stereocenters. The van der Waals surface area contributed by atoms with Gasteiger partial charge >= 0.3 is 0 Å². The van der Waals surface area contributed by atoms with E-state index in [0.29, 0.717) is 19.1 Å². The van der Waals surface area contributed by atoms with Crippen LogP contribution in [0.1, 0.15) is 31.7 Å². The molecule has 0 bridgehead atoms. The fraction of sp³-hybridized carbons (Fsp3) is 0.304. The third-order valence-electron chi connectivity index (χ3n) is 5.14. The molecule has 8 heteroatoms. The van der Waals surface area contributed by atoms with Gasteiger partial charge in [0.1, 0.15) is 12.1 Å². The lowest BCUT2D eigenvalue weighted by molar-refractivity contribution is 0.327. The minimum atomic E-state index is 0.214. The molecule has 0 fully saturated rings. The summed E-state index contributed by atoms with van der Waals surface area (Å²) in [6, 6.07) is 10.3. The lowest BCUT2D eigenvalue weighted by Crippen LogP contribution is -2.04. The van der Waals surface area contributed by atoms with E-state index >= 15 is 0 Å². The van der Waals surface area contributed by atoms with Crippen LogP contribution < -0.4 is 9.47 Å². The van der Waals surface area contributed by atoms with Crippen LogP contribution in [0.4, 0.5) is 0 Å². The van der Waals surface area contributed by atoms with Crippen LogP contribution in [0.3, 0.4) is 0 Å². The molecule has 1 aliphatic heterocycles. The maximum atomic E-state index is 6.04. The number of aromatic nitrogens is 5. The van der Waals surface area contributed by atoms with Gasteiger partial charge in [0, 0.05) is 34.7 Å². The van der Waals surface area contributed by atoms with Gasteiger partial charge < -0.3 is 9.47 Å². The van der Waals surface area contributed by atoms with Gasteiger partial charge in [-0.1, -0.05) is 6.07 Å². The van der Waals surface area contributed by atoms with Crippen molar-refractivity contribution in [2.75, 3.05) is 13.2 Å². The Labute approximate surface area is 184 Å². The molecular formula is C23H23N5O2S. The standard InChI is InChI=1S/C23H23N5O2S/c1-4-29-22-16(6-5-10-24-22)15-7-8-18-17(12-15)20-19(9-11-30-18)31-23(27-20)21-25-13-26-28(21)14(2)3/h5-8,10,12-14H,4,9,11H2,1-3H3. The van der Waals surface area contributed by atoms with Crippen LogP contribution in [0.15, 0.2) is 42.9 Å². The molecular weight excluding hydrogens is 410 g/mol. The summed E-state index contributed by atoms with van der Waals surface area (Å²) in [6.07, 6.45) is 4.15. The highest BCUT2D eigenvalue weighted by Crippen LogP contribution is 2.42. The molecule has 0 saturated carbocycles. The smallest absolute Gasteiger partial charge is 0.221 e. The molecule has 158 valence electrons. The number of nitrogens with zero attached hydrogens (tertiary/aromatic N) is 5. The van der Waals surface area contributed by atoms with Crippen molar-refractivity contribution in [2.45, 2.75) is 33.2 Å². The molecule has 0 spiro atoms. The average molecular weight is 434 g/mol. The van der Waals surface area contributed by atoms with E-state index in [1.54, 1.807) is 23.9 Å². The number of thiazole rings is 1. The zero-order chi connectivity index (χ0) is 21.4. The van der Waals surface area contributed by atoms with E-state index in [2.05, 4.69) is 35.0 Å². The van der Waals surface area contributed by atoms with Gasteiger partial charge in [0.15, 0.2) is 10.8 Å². The first-order chi connectivity index (χ1) is 15.2. The number of ether oxygens (including phenoxy) is 2. The van der Waals surface area contributed by atoms with Crippen LogP contribution in [0.5, 0.6) is 11.6 Å². The minimum absolute atomic E-state index is 0.214. The Hall–Kier alpha value is -3.26. The molecule has 4 aromatic rings. The molecule has 0 aliphatic carbocycles. The van der Waals surface area contributed by atoms with E-state index in [-0.39, 0.29) is 6.04 Å². The predicted molar refractivity (Wildman–Crippen MR) is 121 cm³/mol.